The highest BCUT2D eigenvalue weighted by atomic mass is 32.2. The van der Waals surface area contributed by atoms with Crippen LogP contribution < -0.4 is 0 Å². The molecule has 0 saturated carbocycles. The smallest absolute Gasteiger partial charge is 0.386 e. The highest BCUT2D eigenvalue weighted by Gasteiger charge is 2.46. The van der Waals surface area contributed by atoms with Crippen LogP contribution in [0.1, 0.15) is 19.3 Å². The zero-order chi connectivity index (χ0) is 17.2. The Balaban J connectivity index is 2.14. The van der Waals surface area contributed by atoms with Gasteiger partial charge in [0.1, 0.15) is 0 Å². The normalized spacial score (nSPS) is 18.7. The minimum Gasteiger partial charge on any atom is -0.386 e. The predicted molar refractivity (Wildman–Crippen MR) is 98.9 cm³/mol. The van der Waals surface area contributed by atoms with E-state index in [4.69, 9.17) is 22.1 Å². The summed E-state index contributed by atoms with van der Waals surface area (Å²) in [7, 11) is 4.17. The molecule has 23 heavy (non-hydrogen) atoms. The summed E-state index contributed by atoms with van der Waals surface area (Å²) in [6, 6.07) is 1.96. The van der Waals surface area contributed by atoms with Crippen molar-refractivity contribution < 1.29 is 22.1 Å². The van der Waals surface area contributed by atoms with E-state index < -0.39 is 17.5 Å². The molecule has 0 N–H and O–H groups in total. The van der Waals surface area contributed by atoms with Crippen LogP contribution in [0.25, 0.3) is 0 Å². The summed E-state index contributed by atoms with van der Waals surface area (Å²) in [5.41, 5.74) is 0. The van der Waals surface area contributed by atoms with Crippen molar-refractivity contribution in [2.24, 2.45) is 0 Å². The first kappa shape index (κ1) is 21.6. The molecule has 1 heterocycles. The minimum absolute atomic E-state index is 0.874. The van der Waals surface area contributed by atoms with Crippen LogP contribution in [0.2, 0.25) is 12.1 Å². The molecule has 1 fully saturated rings. The molecule has 1 aliphatic heterocycles. The average molecular weight is 384 g/mol. The molecule has 0 atom stereocenters. The maximum Gasteiger partial charge on any atom is 0.500 e. The highest BCUT2D eigenvalue weighted by Crippen LogP contribution is 2.27. The molecule has 9 heteroatoms. The lowest BCUT2D eigenvalue weighted by molar-refractivity contribution is 0.123. The maximum atomic E-state index is 5.73. The Morgan fingerprint density at radius 2 is 1.57 bits per heavy atom. The topological polar surface area (TPSA) is 49.4 Å². The van der Waals surface area contributed by atoms with Crippen LogP contribution in [-0.2, 0) is 22.1 Å². The summed E-state index contributed by atoms with van der Waals surface area (Å²) in [5.74, 6) is 2.28. The van der Waals surface area contributed by atoms with Crippen LogP contribution >= 0.6 is 11.8 Å². The molecule has 1 rings (SSSR count). The molecule has 0 aromatic rings. The van der Waals surface area contributed by atoms with Gasteiger partial charge in [-0.1, -0.05) is 0 Å². The van der Waals surface area contributed by atoms with Crippen molar-refractivity contribution in [2.75, 3.05) is 60.1 Å². The first-order valence-electron chi connectivity index (χ1n) is 8.20. The van der Waals surface area contributed by atoms with Crippen LogP contribution in [0, 0.1) is 0 Å². The summed E-state index contributed by atoms with van der Waals surface area (Å²) >= 11 is 1.99. The van der Waals surface area contributed by atoms with E-state index in [1.807, 2.05) is 11.8 Å². The number of rotatable bonds is 13. The van der Waals surface area contributed by atoms with Gasteiger partial charge in [-0.05, 0) is 43.9 Å². The minimum atomic E-state index is -2.39. The Bertz CT molecular complexity index is 311. The van der Waals surface area contributed by atoms with Gasteiger partial charge < -0.3 is 22.1 Å². The molecule has 0 aromatic heterocycles. The summed E-state index contributed by atoms with van der Waals surface area (Å²) in [6.45, 7) is 2.19. The summed E-state index contributed by atoms with van der Waals surface area (Å²) in [5, 5.41) is 0. The lowest BCUT2D eigenvalue weighted by Crippen LogP contribution is -2.53. The Morgan fingerprint density at radius 1 is 0.957 bits per heavy atom. The van der Waals surface area contributed by atoms with Crippen molar-refractivity contribution in [3.05, 3.63) is 0 Å². The third-order valence-corrected chi connectivity index (χ3v) is 12.1. The monoisotopic (exact) mass is 383 g/mol. The molecular weight excluding hydrogens is 350 g/mol. The van der Waals surface area contributed by atoms with Gasteiger partial charge in [0.25, 0.3) is 0 Å². The average Bonchev–Trinajstić information content (AvgIpc) is 3.01. The van der Waals surface area contributed by atoms with Gasteiger partial charge in [-0.3, -0.25) is 4.57 Å². The quantitative estimate of drug-likeness (QED) is 0.357. The third-order valence-electron chi connectivity index (χ3n) is 4.46. The molecule has 0 amide bonds. The van der Waals surface area contributed by atoms with Crippen LogP contribution in [0.4, 0.5) is 0 Å². The van der Waals surface area contributed by atoms with Crippen LogP contribution in [0.15, 0.2) is 0 Å². The van der Waals surface area contributed by atoms with Gasteiger partial charge in [-0.25, -0.2) is 0 Å². The van der Waals surface area contributed by atoms with E-state index in [0.29, 0.717) is 0 Å². The molecule has 6 nitrogen and oxygen atoms in total. The maximum absolute atomic E-state index is 5.73. The van der Waals surface area contributed by atoms with Gasteiger partial charge in [0.2, 0.25) is 0 Å². The fraction of sp³-hybridized carbons (Fsp3) is 1.00. The zero-order valence-electron chi connectivity index (χ0n) is 15.3. The first-order valence-corrected chi connectivity index (χ1v) is 13.3. The molecule has 0 bridgehead atoms. The van der Waals surface area contributed by atoms with Gasteiger partial charge in [0.15, 0.2) is 0 Å². The van der Waals surface area contributed by atoms with Crippen molar-refractivity contribution in [1.82, 2.24) is 4.57 Å². The lowest BCUT2D eigenvalue weighted by atomic mass is 10.4. The van der Waals surface area contributed by atoms with Crippen LogP contribution in [-0.4, -0.2) is 82.2 Å². The number of hydrogen-bond donors (Lipinski definition) is 0. The third kappa shape index (κ3) is 6.08. The SMILES string of the molecule is CO[Si](CCCSCCCN1CCC[Si]1(OC)OC)(OC)OC. The number of nitrogens with zero attached hydrogens (tertiary/aromatic N) is 1. The molecule has 0 aliphatic carbocycles. The Kier molecular flexibility index (Phi) is 10.5. The molecule has 1 aliphatic rings. The zero-order valence-corrected chi connectivity index (χ0v) is 18.1. The summed E-state index contributed by atoms with van der Waals surface area (Å²) in [6.07, 6.45) is 3.43. The van der Waals surface area contributed by atoms with E-state index in [-0.39, 0.29) is 0 Å². The molecule has 138 valence electrons. The molecule has 1 saturated heterocycles. The molecule has 0 unspecified atom stereocenters. The molecule has 0 aromatic carbocycles. The van der Waals surface area contributed by atoms with Crippen molar-refractivity contribution in [3.8, 4) is 0 Å². The molecule has 0 spiro atoms. The largest absolute Gasteiger partial charge is 0.500 e. The van der Waals surface area contributed by atoms with Crippen molar-refractivity contribution >= 4 is 29.3 Å². The summed E-state index contributed by atoms with van der Waals surface area (Å²) in [4.78, 5) is 0. The van der Waals surface area contributed by atoms with Crippen LogP contribution in [0.5, 0.6) is 0 Å². The van der Waals surface area contributed by atoms with Gasteiger partial charge in [-0.15, -0.1) is 0 Å². The second-order valence-corrected chi connectivity index (χ2v) is 13.3. The lowest BCUT2D eigenvalue weighted by Gasteiger charge is -2.31. The van der Waals surface area contributed by atoms with Gasteiger partial charge in [0, 0.05) is 47.6 Å². The van der Waals surface area contributed by atoms with E-state index in [2.05, 4.69) is 4.57 Å². The predicted octanol–water partition coefficient (Wildman–Crippen LogP) is 2.32. The highest BCUT2D eigenvalue weighted by molar-refractivity contribution is 7.99. The molecule has 0 radical (unpaired) electrons. The van der Waals surface area contributed by atoms with E-state index in [9.17, 15) is 0 Å². The van der Waals surface area contributed by atoms with E-state index in [1.54, 1.807) is 35.5 Å². The van der Waals surface area contributed by atoms with Crippen molar-refractivity contribution in [3.63, 3.8) is 0 Å². The van der Waals surface area contributed by atoms with E-state index >= 15 is 0 Å². The molecular formula is C14H33NO5SSi2. The number of hydrogen-bond acceptors (Lipinski definition) is 7. The first-order chi connectivity index (χ1) is 11.1. The fourth-order valence-corrected chi connectivity index (χ4v) is 8.93. The fourth-order valence-electron chi connectivity index (χ4n) is 3.06. The van der Waals surface area contributed by atoms with Crippen LogP contribution in [0.3, 0.4) is 0 Å². The Labute approximate surface area is 147 Å². The van der Waals surface area contributed by atoms with Gasteiger partial charge >= 0.3 is 17.5 Å². The van der Waals surface area contributed by atoms with E-state index in [1.165, 1.54) is 12.8 Å². The Hall–Kier alpha value is 0.544. The standard InChI is InChI=1S/C14H33NO5SSi2/c1-16-22(17-2)13-7-10-15(22)9-6-11-21-12-8-14-23(18-3,19-4)20-5/h6-14H2,1-5H3. The van der Waals surface area contributed by atoms with E-state index in [0.717, 1.165) is 43.1 Å². The van der Waals surface area contributed by atoms with Gasteiger partial charge in [-0.2, -0.15) is 11.8 Å². The van der Waals surface area contributed by atoms with Gasteiger partial charge in [0.05, 0.1) is 0 Å². The Morgan fingerprint density at radius 3 is 2.13 bits per heavy atom. The van der Waals surface area contributed by atoms with Crippen molar-refractivity contribution in [2.45, 2.75) is 31.4 Å². The van der Waals surface area contributed by atoms with Crippen molar-refractivity contribution in [1.29, 1.82) is 0 Å². The number of thioether (sulfide) groups is 1. The summed E-state index contributed by atoms with van der Waals surface area (Å²) < 4.78 is 30.2. The second-order valence-electron chi connectivity index (χ2n) is 5.58. The second kappa shape index (κ2) is 11.2.